The first-order chi connectivity index (χ1) is 7.58. The van der Waals surface area contributed by atoms with Gasteiger partial charge in [-0.05, 0) is 24.1 Å². The summed E-state index contributed by atoms with van der Waals surface area (Å²) in [6, 6.07) is 4.77. The van der Waals surface area contributed by atoms with E-state index < -0.39 is 5.97 Å². The van der Waals surface area contributed by atoms with Gasteiger partial charge in [-0.2, -0.15) is 0 Å². The average molecular weight is 216 g/mol. The van der Waals surface area contributed by atoms with Crippen molar-refractivity contribution in [1.29, 1.82) is 0 Å². The first-order valence-electron chi connectivity index (χ1n) is 5.08. The van der Waals surface area contributed by atoms with Crippen LogP contribution in [0.1, 0.15) is 35.8 Å². The van der Waals surface area contributed by atoms with Gasteiger partial charge in [0.1, 0.15) is 0 Å². The summed E-state index contributed by atoms with van der Waals surface area (Å²) in [4.78, 5) is 19.4. The van der Waals surface area contributed by atoms with Gasteiger partial charge >= 0.3 is 5.97 Å². The van der Waals surface area contributed by atoms with E-state index in [-0.39, 0.29) is 5.56 Å². The molecule has 0 aliphatic heterocycles. The van der Waals surface area contributed by atoms with Gasteiger partial charge in [0.05, 0.1) is 22.3 Å². The van der Waals surface area contributed by atoms with E-state index in [1.807, 2.05) is 13.8 Å². The second kappa shape index (κ2) is 3.89. The van der Waals surface area contributed by atoms with Crippen molar-refractivity contribution in [2.24, 2.45) is 0 Å². The minimum Gasteiger partial charge on any atom is -0.478 e. The van der Waals surface area contributed by atoms with Crippen LogP contribution in [-0.4, -0.2) is 21.0 Å². The maximum atomic E-state index is 10.8. The van der Waals surface area contributed by atoms with Crippen LogP contribution in [0.2, 0.25) is 0 Å². The fourth-order valence-electron chi connectivity index (χ4n) is 1.44. The van der Waals surface area contributed by atoms with E-state index in [0.717, 1.165) is 11.2 Å². The molecule has 0 unspecified atom stereocenters. The topological polar surface area (TPSA) is 63.1 Å². The number of fused-ring (bicyclic) bond motifs is 1. The van der Waals surface area contributed by atoms with E-state index in [4.69, 9.17) is 5.11 Å². The molecule has 1 aromatic carbocycles. The van der Waals surface area contributed by atoms with Crippen LogP contribution in [0.15, 0.2) is 24.4 Å². The Morgan fingerprint density at radius 3 is 2.69 bits per heavy atom. The van der Waals surface area contributed by atoms with Crippen LogP contribution in [0.5, 0.6) is 0 Å². The summed E-state index contributed by atoms with van der Waals surface area (Å²) in [7, 11) is 0. The van der Waals surface area contributed by atoms with Crippen LogP contribution >= 0.6 is 0 Å². The van der Waals surface area contributed by atoms with Crippen LogP contribution in [0.4, 0.5) is 0 Å². The van der Waals surface area contributed by atoms with E-state index in [0.29, 0.717) is 11.4 Å². The Balaban J connectivity index is 2.57. The van der Waals surface area contributed by atoms with Gasteiger partial charge in [-0.25, -0.2) is 9.78 Å². The number of carboxylic acid groups (broad SMARTS) is 1. The molecule has 0 saturated heterocycles. The van der Waals surface area contributed by atoms with Crippen molar-refractivity contribution in [3.8, 4) is 0 Å². The molecule has 82 valence electrons. The molecule has 0 saturated carbocycles. The van der Waals surface area contributed by atoms with E-state index >= 15 is 0 Å². The number of nitrogens with zero attached hydrogens (tertiary/aromatic N) is 2. The summed E-state index contributed by atoms with van der Waals surface area (Å²) < 4.78 is 0. The Morgan fingerprint density at radius 1 is 1.31 bits per heavy atom. The third-order valence-corrected chi connectivity index (χ3v) is 2.40. The fraction of sp³-hybridized carbons (Fsp3) is 0.250. The number of aromatic nitrogens is 2. The first kappa shape index (κ1) is 10.5. The van der Waals surface area contributed by atoms with Crippen molar-refractivity contribution in [3.63, 3.8) is 0 Å². The van der Waals surface area contributed by atoms with Gasteiger partial charge in [0.2, 0.25) is 0 Å². The van der Waals surface area contributed by atoms with Gasteiger partial charge in [-0.15, -0.1) is 0 Å². The molecule has 0 aliphatic carbocycles. The van der Waals surface area contributed by atoms with Crippen LogP contribution in [0.25, 0.3) is 11.0 Å². The third-order valence-electron chi connectivity index (χ3n) is 2.40. The van der Waals surface area contributed by atoms with Crippen molar-refractivity contribution in [1.82, 2.24) is 9.97 Å². The van der Waals surface area contributed by atoms with E-state index in [1.54, 1.807) is 18.3 Å². The van der Waals surface area contributed by atoms with Gasteiger partial charge in [0.25, 0.3) is 0 Å². The maximum Gasteiger partial charge on any atom is 0.335 e. The summed E-state index contributed by atoms with van der Waals surface area (Å²) in [6.07, 6.45) is 1.69. The molecule has 1 aromatic heterocycles. The van der Waals surface area contributed by atoms with Gasteiger partial charge in [0.15, 0.2) is 0 Å². The largest absolute Gasteiger partial charge is 0.478 e. The normalized spacial score (nSPS) is 10.9. The molecule has 1 N–H and O–H groups in total. The van der Waals surface area contributed by atoms with Crippen LogP contribution < -0.4 is 0 Å². The number of hydrogen-bond acceptors (Lipinski definition) is 3. The lowest BCUT2D eigenvalue weighted by molar-refractivity contribution is 0.0697. The highest BCUT2D eigenvalue weighted by Gasteiger charge is 2.07. The number of hydrogen-bond donors (Lipinski definition) is 1. The van der Waals surface area contributed by atoms with Crippen molar-refractivity contribution in [2.75, 3.05) is 0 Å². The second-order valence-corrected chi connectivity index (χ2v) is 3.96. The lowest BCUT2D eigenvalue weighted by Crippen LogP contribution is -1.99. The Hall–Kier alpha value is -1.97. The monoisotopic (exact) mass is 216 g/mol. The fourth-order valence-corrected chi connectivity index (χ4v) is 1.44. The van der Waals surface area contributed by atoms with E-state index in [2.05, 4.69) is 9.97 Å². The molecule has 2 rings (SSSR count). The molecule has 0 radical (unpaired) electrons. The van der Waals surface area contributed by atoms with Gasteiger partial charge in [-0.3, -0.25) is 4.98 Å². The molecule has 0 bridgehead atoms. The molecule has 4 heteroatoms. The minimum absolute atomic E-state index is 0.235. The standard InChI is InChI=1S/C12H12N2O2/c1-7(2)11-6-13-10-5-8(12(15)16)3-4-9(10)14-11/h3-7H,1-2H3,(H,15,16). The molecule has 0 amide bonds. The summed E-state index contributed by atoms with van der Waals surface area (Å²) in [5.41, 5.74) is 2.50. The summed E-state index contributed by atoms with van der Waals surface area (Å²) >= 11 is 0. The number of aromatic carboxylic acids is 1. The predicted octanol–water partition coefficient (Wildman–Crippen LogP) is 2.45. The average Bonchev–Trinajstić information content (AvgIpc) is 2.27. The highest BCUT2D eigenvalue weighted by molar-refractivity contribution is 5.92. The van der Waals surface area contributed by atoms with Crippen LogP contribution in [-0.2, 0) is 0 Å². The molecule has 16 heavy (non-hydrogen) atoms. The molecule has 2 aromatic rings. The number of benzene rings is 1. The zero-order valence-corrected chi connectivity index (χ0v) is 9.14. The molecule has 0 spiro atoms. The smallest absolute Gasteiger partial charge is 0.335 e. The molecule has 4 nitrogen and oxygen atoms in total. The van der Waals surface area contributed by atoms with E-state index in [9.17, 15) is 4.79 Å². The lowest BCUT2D eigenvalue weighted by Gasteiger charge is -2.05. The summed E-state index contributed by atoms with van der Waals surface area (Å²) in [6.45, 7) is 4.09. The summed E-state index contributed by atoms with van der Waals surface area (Å²) in [5.74, 6) is -0.632. The first-order valence-corrected chi connectivity index (χ1v) is 5.08. The Morgan fingerprint density at radius 2 is 2.06 bits per heavy atom. The van der Waals surface area contributed by atoms with E-state index in [1.165, 1.54) is 6.07 Å². The SMILES string of the molecule is CC(C)c1cnc2cc(C(=O)O)ccc2n1. The molecule has 1 heterocycles. The third kappa shape index (κ3) is 1.86. The van der Waals surface area contributed by atoms with Crippen molar-refractivity contribution >= 4 is 17.0 Å². The van der Waals surface area contributed by atoms with Gasteiger partial charge < -0.3 is 5.11 Å². The molecular weight excluding hydrogens is 204 g/mol. The van der Waals surface area contributed by atoms with Crippen molar-refractivity contribution < 1.29 is 9.90 Å². The number of carboxylic acids is 1. The molecule has 0 aliphatic rings. The molecule has 0 fully saturated rings. The van der Waals surface area contributed by atoms with Crippen molar-refractivity contribution in [2.45, 2.75) is 19.8 Å². The van der Waals surface area contributed by atoms with Crippen LogP contribution in [0.3, 0.4) is 0 Å². The highest BCUT2D eigenvalue weighted by Crippen LogP contribution is 2.16. The molecule has 0 atom stereocenters. The lowest BCUT2D eigenvalue weighted by atomic mass is 10.1. The quantitative estimate of drug-likeness (QED) is 0.837. The Bertz CT molecular complexity index is 550. The number of rotatable bonds is 2. The summed E-state index contributed by atoms with van der Waals surface area (Å²) in [5, 5.41) is 8.84. The van der Waals surface area contributed by atoms with Crippen molar-refractivity contribution in [3.05, 3.63) is 35.7 Å². The predicted molar refractivity (Wildman–Crippen MR) is 60.6 cm³/mol. The number of carbonyl (C=O) groups is 1. The highest BCUT2D eigenvalue weighted by atomic mass is 16.4. The zero-order valence-electron chi connectivity index (χ0n) is 9.14. The Kier molecular flexibility index (Phi) is 2.56. The Labute approximate surface area is 93.0 Å². The maximum absolute atomic E-state index is 10.8. The zero-order chi connectivity index (χ0) is 11.7. The van der Waals surface area contributed by atoms with Gasteiger partial charge in [0, 0.05) is 6.20 Å². The second-order valence-electron chi connectivity index (χ2n) is 3.96. The minimum atomic E-state index is -0.948. The molecular formula is C12H12N2O2. The van der Waals surface area contributed by atoms with Gasteiger partial charge in [-0.1, -0.05) is 13.8 Å². The van der Waals surface area contributed by atoms with Crippen LogP contribution in [0, 0.1) is 0 Å².